The van der Waals surface area contributed by atoms with Gasteiger partial charge in [-0.15, -0.1) is 24.0 Å². The molecule has 7 heteroatoms. The molecule has 2 rings (SSSR count). The van der Waals surface area contributed by atoms with Crippen LogP contribution in [0.3, 0.4) is 0 Å². The molecule has 0 aliphatic rings. The van der Waals surface area contributed by atoms with Crippen LogP contribution in [0.1, 0.15) is 18.1 Å². The van der Waals surface area contributed by atoms with Gasteiger partial charge in [0.05, 0.1) is 13.2 Å². The first-order valence-electron chi connectivity index (χ1n) is 8.48. The number of nitrogens with zero attached hydrogens (tertiary/aromatic N) is 2. The lowest BCUT2D eigenvalue weighted by atomic mass is 10.1. The molecule has 0 amide bonds. The number of aromatic nitrogens is 1. The summed E-state index contributed by atoms with van der Waals surface area (Å²) >= 11 is 0. The number of nitrogens with one attached hydrogen (secondary N) is 2. The van der Waals surface area contributed by atoms with E-state index in [4.69, 9.17) is 4.74 Å². The Balaban J connectivity index is 0.00000338. The Kier molecular flexibility index (Phi) is 10.6. The number of guanidine groups is 1. The van der Waals surface area contributed by atoms with Gasteiger partial charge in [0.1, 0.15) is 0 Å². The predicted octanol–water partition coefficient (Wildman–Crippen LogP) is 2.22. The summed E-state index contributed by atoms with van der Waals surface area (Å²) in [4.78, 5) is 15.9. The van der Waals surface area contributed by atoms with Crippen molar-refractivity contribution in [3.8, 4) is 0 Å². The van der Waals surface area contributed by atoms with Crippen molar-refractivity contribution in [3.63, 3.8) is 0 Å². The SMILES string of the molecule is CCOCCNC(=NC)NCc1ccc(Cn2ccccc2=O)cc1.I. The van der Waals surface area contributed by atoms with E-state index in [1.54, 1.807) is 29.9 Å². The van der Waals surface area contributed by atoms with E-state index >= 15 is 0 Å². The summed E-state index contributed by atoms with van der Waals surface area (Å²) in [6, 6.07) is 13.4. The molecule has 1 aromatic carbocycles. The number of halogens is 1. The Labute approximate surface area is 171 Å². The number of rotatable bonds is 8. The van der Waals surface area contributed by atoms with Crippen molar-refractivity contribution in [3.05, 3.63) is 70.1 Å². The van der Waals surface area contributed by atoms with E-state index < -0.39 is 0 Å². The van der Waals surface area contributed by atoms with Crippen LogP contribution in [0.15, 0.2) is 58.4 Å². The molecule has 0 aliphatic carbocycles. The van der Waals surface area contributed by atoms with Crippen LogP contribution >= 0.6 is 24.0 Å². The van der Waals surface area contributed by atoms with Gasteiger partial charge in [0.15, 0.2) is 5.96 Å². The van der Waals surface area contributed by atoms with Crippen molar-refractivity contribution in [1.29, 1.82) is 0 Å². The van der Waals surface area contributed by atoms with Gasteiger partial charge in [-0.2, -0.15) is 0 Å². The summed E-state index contributed by atoms with van der Waals surface area (Å²) < 4.78 is 6.98. The van der Waals surface area contributed by atoms with Crippen molar-refractivity contribution in [1.82, 2.24) is 15.2 Å². The molecule has 0 bridgehead atoms. The summed E-state index contributed by atoms with van der Waals surface area (Å²) in [5.74, 6) is 0.750. The third-order valence-corrected chi connectivity index (χ3v) is 3.70. The third-order valence-electron chi connectivity index (χ3n) is 3.70. The van der Waals surface area contributed by atoms with E-state index in [-0.39, 0.29) is 29.5 Å². The third kappa shape index (κ3) is 7.57. The van der Waals surface area contributed by atoms with Crippen LogP contribution in [-0.4, -0.2) is 37.3 Å². The lowest BCUT2D eigenvalue weighted by Gasteiger charge is -2.12. The molecule has 0 unspecified atom stereocenters. The monoisotopic (exact) mass is 470 g/mol. The molecule has 142 valence electrons. The van der Waals surface area contributed by atoms with Crippen LogP contribution in [0.25, 0.3) is 0 Å². The number of pyridine rings is 1. The average molecular weight is 470 g/mol. The van der Waals surface area contributed by atoms with Gasteiger partial charge in [0, 0.05) is 39.0 Å². The molecule has 1 heterocycles. The zero-order chi connectivity index (χ0) is 17.9. The molecular formula is C19H27IN4O2. The normalized spacial score (nSPS) is 10.9. The van der Waals surface area contributed by atoms with Crippen LogP contribution < -0.4 is 16.2 Å². The van der Waals surface area contributed by atoms with Crippen LogP contribution in [0, 0.1) is 0 Å². The minimum absolute atomic E-state index is 0. The molecule has 0 saturated carbocycles. The fourth-order valence-electron chi connectivity index (χ4n) is 2.34. The van der Waals surface area contributed by atoms with E-state index in [1.165, 1.54) is 0 Å². The standard InChI is InChI=1S/C19H26N4O2.HI/c1-3-25-13-11-21-19(20-2)22-14-16-7-9-17(10-8-16)15-23-12-5-4-6-18(23)24;/h4-10,12H,3,11,13-15H2,1-2H3,(H2,20,21,22);1H. The molecule has 2 N–H and O–H groups in total. The molecule has 0 spiro atoms. The van der Waals surface area contributed by atoms with Crippen molar-refractivity contribution >= 4 is 29.9 Å². The molecule has 0 fully saturated rings. The van der Waals surface area contributed by atoms with Crippen molar-refractivity contribution in [2.75, 3.05) is 26.8 Å². The lowest BCUT2D eigenvalue weighted by molar-refractivity contribution is 0.152. The van der Waals surface area contributed by atoms with Crippen LogP contribution in [-0.2, 0) is 17.8 Å². The number of aliphatic imine (C=N–C) groups is 1. The van der Waals surface area contributed by atoms with Crippen molar-refractivity contribution < 1.29 is 4.74 Å². The summed E-state index contributed by atoms with van der Waals surface area (Å²) in [7, 11) is 1.75. The summed E-state index contributed by atoms with van der Waals surface area (Å²) in [6.07, 6.45) is 1.80. The predicted molar refractivity (Wildman–Crippen MR) is 116 cm³/mol. The molecule has 0 aliphatic heterocycles. The molecule has 1 aromatic heterocycles. The fraction of sp³-hybridized carbons (Fsp3) is 0.368. The Morgan fingerprint density at radius 3 is 2.50 bits per heavy atom. The minimum Gasteiger partial charge on any atom is -0.380 e. The van der Waals surface area contributed by atoms with Gasteiger partial charge < -0.3 is 19.9 Å². The highest BCUT2D eigenvalue weighted by Gasteiger charge is 2.00. The Morgan fingerprint density at radius 1 is 1.12 bits per heavy atom. The quantitative estimate of drug-likeness (QED) is 0.269. The molecule has 6 nitrogen and oxygen atoms in total. The second-order valence-corrected chi connectivity index (χ2v) is 5.53. The van der Waals surface area contributed by atoms with Gasteiger partial charge in [0.25, 0.3) is 5.56 Å². The van der Waals surface area contributed by atoms with E-state index in [0.717, 1.165) is 30.2 Å². The van der Waals surface area contributed by atoms with Gasteiger partial charge in [-0.25, -0.2) is 0 Å². The van der Waals surface area contributed by atoms with Gasteiger partial charge in [-0.1, -0.05) is 30.3 Å². The van der Waals surface area contributed by atoms with E-state index in [2.05, 4.69) is 27.8 Å². The first-order chi connectivity index (χ1) is 12.2. The Hall–Kier alpha value is -1.87. The first kappa shape index (κ1) is 22.2. The maximum Gasteiger partial charge on any atom is 0.250 e. The Bertz CT molecular complexity index is 729. The number of ether oxygens (including phenoxy) is 1. The van der Waals surface area contributed by atoms with Crippen molar-refractivity contribution in [2.45, 2.75) is 20.0 Å². The van der Waals surface area contributed by atoms with Gasteiger partial charge in [-0.05, 0) is 24.1 Å². The van der Waals surface area contributed by atoms with Crippen LogP contribution in [0.2, 0.25) is 0 Å². The smallest absolute Gasteiger partial charge is 0.250 e. The van der Waals surface area contributed by atoms with Gasteiger partial charge >= 0.3 is 0 Å². The highest BCUT2D eigenvalue weighted by Crippen LogP contribution is 2.05. The minimum atomic E-state index is 0. The maximum absolute atomic E-state index is 11.8. The lowest BCUT2D eigenvalue weighted by Crippen LogP contribution is -2.38. The van der Waals surface area contributed by atoms with Gasteiger partial charge in [0.2, 0.25) is 0 Å². The summed E-state index contributed by atoms with van der Waals surface area (Å²) in [5, 5.41) is 6.47. The molecular weight excluding hydrogens is 443 g/mol. The van der Waals surface area contributed by atoms with E-state index in [9.17, 15) is 4.79 Å². The topological polar surface area (TPSA) is 67.7 Å². The maximum atomic E-state index is 11.8. The molecule has 0 radical (unpaired) electrons. The second kappa shape index (κ2) is 12.5. The highest BCUT2D eigenvalue weighted by molar-refractivity contribution is 14.0. The first-order valence-corrected chi connectivity index (χ1v) is 8.48. The second-order valence-electron chi connectivity index (χ2n) is 5.53. The zero-order valence-electron chi connectivity index (χ0n) is 15.3. The zero-order valence-corrected chi connectivity index (χ0v) is 17.6. The fourth-order valence-corrected chi connectivity index (χ4v) is 2.34. The van der Waals surface area contributed by atoms with Crippen molar-refractivity contribution in [2.24, 2.45) is 4.99 Å². The Morgan fingerprint density at radius 2 is 1.85 bits per heavy atom. The molecule has 0 atom stereocenters. The summed E-state index contributed by atoms with van der Waals surface area (Å²) in [5.41, 5.74) is 2.25. The molecule has 0 saturated heterocycles. The largest absolute Gasteiger partial charge is 0.380 e. The number of hydrogen-bond acceptors (Lipinski definition) is 3. The highest BCUT2D eigenvalue weighted by atomic mass is 127. The average Bonchev–Trinajstić information content (AvgIpc) is 2.64. The van der Waals surface area contributed by atoms with Gasteiger partial charge in [-0.3, -0.25) is 9.79 Å². The molecule has 2 aromatic rings. The molecule has 26 heavy (non-hydrogen) atoms. The van der Waals surface area contributed by atoms with E-state index in [1.807, 2.05) is 25.1 Å². The van der Waals surface area contributed by atoms with Crippen LogP contribution in [0.4, 0.5) is 0 Å². The number of hydrogen-bond donors (Lipinski definition) is 2. The summed E-state index contributed by atoms with van der Waals surface area (Å²) in [6.45, 7) is 5.33. The van der Waals surface area contributed by atoms with E-state index in [0.29, 0.717) is 19.7 Å². The number of benzene rings is 1. The van der Waals surface area contributed by atoms with Crippen LogP contribution in [0.5, 0.6) is 0 Å².